The number of amides is 2. The van der Waals surface area contributed by atoms with Crippen LogP contribution in [0.4, 0.5) is 4.79 Å². The molecule has 2 aromatic heterocycles. The van der Waals surface area contributed by atoms with Crippen molar-refractivity contribution in [3.05, 3.63) is 34.8 Å². The summed E-state index contributed by atoms with van der Waals surface area (Å²) in [5, 5.41) is 5.81. The quantitative estimate of drug-likeness (QED) is 0.929. The molecule has 0 aromatic carbocycles. The standard InChI is InChI=1S/C13H16N4OS/c1-17(2)13(18)15-8-6-12-16-11(9-19-12)10-5-3-4-7-14-10/h3-5,7,9H,6,8H2,1-2H3,(H,15,18). The summed E-state index contributed by atoms with van der Waals surface area (Å²) in [6.07, 6.45) is 2.49. The summed E-state index contributed by atoms with van der Waals surface area (Å²) in [4.78, 5) is 21.6. The van der Waals surface area contributed by atoms with Gasteiger partial charge in [0.2, 0.25) is 0 Å². The maximum atomic E-state index is 11.3. The van der Waals surface area contributed by atoms with E-state index in [0.717, 1.165) is 22.8 Å². The summed E-state index contributed by atoms with van der Waals surface area (Å²) < 4.78 is 0. The van der Waals surface area contributed by atoms with E-state index in [1.54, 1.807) is 31.6 Å². The highest BCUT2D eigenvalue weighted by Crippen LogP contribution is 2.19. The molecule has 1 N–H and O–H groups in total. The number of aromatic nitrogens is 2. The average Bonchev–Trinajstić information content (AvgIpc) is 2.88. The second-order valence-corrected chi connectivity index (χ2v) is 5.16. The average molecular weight is 276 g/mol. The fourth-order valence-electron chi connectivity index (χ4n) is 1.49. The van der Waals surface area contributed by atoms with Crippen LogP contribution in [0.25, 0.3) is 11.4 Å². The molecule has 19 heavy (non-hydrogen) atoms. The van der Waals surface area contributed by atoms with Crippen molar-refractivity contribution in [1.82, 2.24) is 20.2 Å². The lowest BCUT2D eigenvalue weighted by molar-refractivity contribution is 0.217. The van der Waals surface area contributed by atoms with E-state index in [1.165, 1.54) is 4.90 Å². The van der Waals surface area contributed by atoms with Crippen LogP contribution in [-0.4, -0.2) is 41.5 Å². The number of nitrogens with one attached hydrogen (secondary N) is 1. The Hall–Kier alpha value is -1.95. The van der Waals surface area contributed by atoms with Crippen LogP contribution in [0, 0.1) is 0 Å². The number of pyridine rings is 1. The smallest absolute Gasteiger partial charge is 0.316 e. The van der Waals surface area contributed by atoms with Gasteiger partial charge in [-0.3, -0.25) is 4.98 Å². The normalized spacial score (nSPS) is 10.2. The number of hydrogen-bond donors (Lipinski definition) is 1. The number of carbonyl (C=O) groups is 1. The summed E-state index contributed by atoms with van der Waals surface area (Å²) >= 11 is 1.59. The Labute approximate surface area is 116 Å². The van der Waals surface area contributed by atoms with Crippen LogP contribution in [0.5, 0.6) is 0 Å². The van der Waals surface area contributed by atoms with Gasteiger partial charge in [-0.25, -0.2) is 9.78 Å². The molecular formula is C13H16N4OS. The molecule has 6 heteroatoms. The summed E-state index contributed by atoms with van der Waals surface area (Å²) in [6, 6.07) is 5.68. The topological polar surface area (TPSA) is 58.1 Å². The van der Waals surface area contributed by atoms with E-state index >= 15 is 0 Å². The molecule has 0 spiro atoms. The molecule has 100 valence electrons. The van der Waals surface area contributed by atoms with Gasteiger partial charge in [-0.1, -0.05) is 6.07 Å². The summed E-state index contributed by atoms with van der Waals surface area (Å²) in [6.45, 7) is 0.589. The van der Waals surface area contributed by atoms with Crippen molar-refractivity contribution in [2.24, 2.45) is 0 Å². The van der Waals surface area contributed by atoms with Crippen molar-refractivity contribution in [3.63, 3.8) is 0 Å². The van der Waals surface area contributed by atoms with E-state index in [-0.39, 0.29) is 6.03 Å². The van der Waals surface area contributed by atoms with Crippen LogP contribution < -0.4 is 5.32 Å². The zero-order chi connectivity index (χ0) is 13.7. The van der Waals surface area contributed by atoms with Crippen LogP contribution in [0.1, 0.15) is 5.01 Å². The lowest BCUT2D eigenvalue weighted by atomic mass is 10.3. The molecule has 0 fully saturated rings. The first-order chi connectivity index (χ1) is 9.16. The first-order valence-electron chi connectivity index (χ1n) is 5.98. The molecule has 2 amide bonds. The third-order valence-electron chi connectivity index (χ3n) is 2.50. The van der Waals surface area contributed by atoms with Gasteiger partial charge in [0.25, 0.3) is 0 Å². The number of thiazole rings is 1. The van der Waals surface area contributed by atoms with E-state index in [4.69, 9.17) is 0 Å². The van der Waals surface area contributed by atoms with Gasteiger partial charge in [0.05, 0.1) is 16.4 Å². The fraction of sp³-hybridized carbons (Fsp3) is 0.308. The van der Waals surface area contributed by atoms with E-state index in [1.807, 2.05) is 23.6 Å². The van der Waals surface area contributed by atoms with Crippen molar-refractivity contribution in [1.29, 1.82) is 0 Å². The van der Waals surface area contributed by atoms with Crippen molar-refractivity contribution in [2.45, 2.75) is 6.42 Å². The molecular weight excluding hydrogens is 260 g/mol. The SMILES string of the molecule is CN(C)C(=O)NCCc1nc(-c2ccccn2)cs1. The lowest BCUT2D eigenvalue weighted by Crippen LogP contribution is -2.35. The number of nitrogens with zero attached hydrogens (tertiary/aromatic N) is 3. The van der Waals surface area contributed by atoms with Gasteiger partial charge in [0.1, 0.15) is 0 Å². The van der Waals surface area contributed by atoms with E-state index in [2.05, 4.69) is 15.3 Å². The molecule has 0 radical (unpaired) electrons. The Morgan fingerprint density at radius 1 is 1.37 bits per heavy atom. The molecule has 0 saturated heterocycles. The first-order valence-corrected chi connectivity index (χ1v) is 6.86. The number of hydrogen-bond acceptors (Lipinski definition) is 4. The second kappa shape index (κ2) is 6.29. The molecule has 2 rings (SSSR count). The Balaban J connectivity index is 1.90. The molecule has 0 saturated carbocycles. The third-order valence-corrected chi connectivity index (χ3v) is 3.41. The molecule has 2 aromatic rings. The second-order valence-electron chi connectivity index (χ2n) is 4.22. The van der Waals surface area contributed by atoms with Crippen molar-refractivity contribution in [2.75, 3.05) is 20.6 Å². The van der Waals surface area contributed by atoms with Crippen LogP contribution in [0.3, 0.4) is 0 Å². The Bertz CT molecular complexity index is 539. The third kappa shape index (κ3) is 3.75. The Morgan fingerprint density at radius 2 is 2.21 bits per heavy atom. The highest BCUT2D eigenvalue weighted by atomic mass is 32.1. The van der Waals surface area contributed by atoms with Gasteiger partial charge in [0.15, 0.2) is 0 Å². The lowest BCUT2D eigenvalue weighted by Gasteiger charge is -2.10. The largest absolute Gasteiger partial charge is 0.338 e. The van der Waals surface area contributed by atoms with E-state index in [0.29, 0.717) is 6.54 Å². The van der Waals surface area contributed by atoms with Gasteiger partial charge in [-0.15, -0.1) is 11.3 Å². The van der Waals surface area contributed by atoms with Gasteiger partial charge in [-0.2, -0.15) is 0 Å². The Kier molecular flexibility index (Phi) is 4.46. The highest BCUT2D eigenvalue weighted by molar-refractivity contribution is 7.09. The minimum Gasteiger partial charge on any atom is -0.338 e. The van der Waals surface area contributed by atoms with E-state index in [9.17, 15) is 4.79 Å². The zero-order valence-electron chi connectivity index (χ0n) is 11.0. The van der Waals surface area contributed by atoms with Crippen molar-refractivity contribution in [3.8, 4) is 11.4 Å². The molecule has 5 nitrogen and oxygen atoms in total. The fourth-order valence-corrected chi connectivity index (χ4v) is 2.28. The maximum absolute atomic E-state index is 11.3. The van der Waals surface area contributed by atoms with Crippen LogP contribution in [0.2, 0.25) is 0 Å². The molecule has 0 atom stereocenters. The molecule has 2 heterocycles. The maximum Gasteiger partial charge on any atom is 0.316 e. The minimum atomic E-state index is -0.0819. The molecule has 0 bridgehead atoms. The minimum absolute atomic E-state index is 0.0819. The van der Waals surface area contributed by atoms with E-state index < -0.39 is 0 Å². The van der Waals surface area contributed by atoms with Crippen molar-refractivity contribution >= 4 is 17.4 Å². The van der Waals surface area contributed by atoms with Gasteiger partial charge in [0, 0.05) is 38.6 Å². The van der Waals surface area contributed by atoms with Crippen LogP contribution >= 0.6 is 11.3 Å². The predicted octanol–water partition coefficient (Wildman–Crippen LogP) is 2.02. The molecule has 0 aliphatic carbocycles. The Morgan fingerprint density at radius 3 is 2.89 bits per heavy atom. The molecule has 0 unspecified atom stereocenters. The summed E-state index contributed by atoms with van der Waals surface area (Å²) in [7, 11) is 3.44. The zero-order valence-corrected chi connectivity index (χ0v) is 11.8. The predicted molar refractivity (Wildman–Crippen MR) is 76.1 cm³/mol. The van der Waals surface area contributed by atoms with Gasteiger partial charge in [-0.05, 0) is 12.1 Å². The molecule has 0 aliphatic heterocycles. The van der Waals surface area contributed by atoms with Gasteiger partial charge >= 0.3 is 6.03 Å². The highest BCUT2D eigenvalue weighted by Gasteiger charge is 2.06. The summed E-state index contributed by atoms with van der Waals surface area (Å²) in [5.74, 6) is 0. The van der Waals surface area contributed by atoms with Crippen molar-refractivity contribution < 1.29 is 4.79 Å². The number of carbonyl (C=O) groups excluding carboxylic acids is 1. The first kappa shape index (κ1) is 13.5. The van der Waals surface area contributed by atoms with Crippen LogP contribution in [0.15, 0.2) is 29.8 Å². The monoisotopic (exact) mass is 276 g/mol. The van der Waals surface area contributed by atoms with Crippen LogP contribution in [-0.2, 0) is 6.42 Å². The number of rotatable bonds is 4. The van der Waals surface area contributed by atoms with Gasteiger partial charge < -0.3 is 10.2 Å². The molecule has 0 aliphatic rings. The number of urea groups is 1. The summed E-state index contributed by atoms with van der Waals surface area (Å²) in [5.41, 5.74) is 1.77.